The first kappa shape index (κ1) is 7.56. The highest BCUT2D eigenvalue weighted by Gasteiger charge is 2.07. The van der Waals surface area contributed by atoms with Gasteiger partial charge in [0.25, 0.3) is 0 Å². The molecule has 0 fully saturated rings. The first-order valence-corrected chi connectivity index (χ1v) is 4.59. The molecule has 0 N–H and O–H groups in total. The maximum atomic E-state index is 5.69. The van der Waals surface area contributed by atoms with Crippen LogP contribution in [-0.2, 0) is 0 Å². The molecule has 2 nitrogen and oxygen atoms in total. The van der Waals surface area contributed by atoms with Gasteiger partial charge in [0, 0.05) is 22.7 Å². The summed E-state index contributed by atoms with van der Waals surface area (Å²) in [5, 5.41) is 2.27. The van der Waals surface area contributed by atoms with Crippen LogP contribution >= 0.6 is 0 Å². The van der Waals surface area contributed by atoms with Crippen LogP contribution in [0.4, 0.5) is 0 Å². The van der Waals surface area contributed by atoms with E-state index in [1.54, 1.807) is 6.20 Å². The van der Waals surface area contributed by atoms with E-state index in [4.69, 9.17) is 4.42 Å². The van der Waals surface area contributed by atoms with Gasteiger partial charge in [-0.15, -0.1) is 0 Å². The van der Waals surface area contributed by atoms with Gasteiger partial charge in [0.2, 0.25) is 0 Å². The zero-order chi connectivity index (χ0) is 9.54. The molecule has 3 rings (SSSR count). The van der Waals surface area contributed by atoms with E-state index in [1.807, 2.05) is 31.2 Å². The van der Waals surface area contributed by atoms with Gasteiger partial charge in [-0.2, -0.15) is 0 Å². The van der Waals surface area contributed by atoms with Crippen molar-refractivity contribution in [3.05, 3.63) is 42.2 Å². The average molecular weight is 183 g/mol. The van der Waals surface area contributed by atoms with Gasteiger partial charge >= 0.3 is 0 Å². The summed E-state index contributed by atoms with van der Waals surface area (Å²) in [6, 6.07) is 9.95. The van der Waals surface area contributed by atoms with E-state index >= 15 is 0 Å². The number of nitrogens with zero attached hydrogens (tertiary/aromatic N) is 1. The Hall–Kier alpha value is -1.83. The molecular formula is C12H9NO. The predicted octanol–water partition coefficient (Wildman–Crippen LogP) is 3.29. The third kappa shape index (κ3) is 0.880. The quantitative estimate of drug-likeness (QED) is 0.534. The lowest BCUT2D eigenvalue weighted by atomic mass is 10.1. The fourth-order valence-electron chi connectivity index (χ4n) is 1.84. The number of rotatable bonds is 0. The summed E-state index contributed by atoms with van der Waals surface area (Å²) in [5.41, 5.74) is 2.87. The maximum absolute atomic E-state index is 5.69. The normalized spacial score (nSPS) is 11.2. The monoisotopic (exact) mass is 183 g/mol. The molecule has 0 saturated carbocycles. The lowest BCUT2D eigenvalue weighted by molar-refractivity contribution is 0.668. The smallest absolute Gasteiger partial charge is 0.138 e. The Morgan fingerprint density at radius 2 is 1.93 bits per heavy atom. The SMILES string of the molecule is Cc1nccc2oc3ccccc3c12. The van der Waals surface area contributed by atoms with E-state index in [0.29, 0.717) is 0 Å². The molecule has 0 saturated heterocycles. The molecule has 2 heterocycles. The lowest BCUT2D eigenvalue weighted by Crippen LogP contribution is -1.78. The van der Waals surface area contributed by atoms with Gasteiger partial charge in [0.05, 0.1) is 0 Å². The van der Waals surface area contributed by atoms with Crippen LogP contribution in [0, 0.1) is 6.92 Å². The summed E-state index contributed by atoms with van der Waals surface area (Å²) >= 11 is 0. The third-order valence-electron chi connectivity index (χ3n) is 2.48. The largest absolute Gasteiger partial charge is 0.456 e. The minimum Gasteiger partial charge on any atom is -0.456 e. The summed E-state index contributed by atoms with van der Waals surface area (Å²) in [5.74, 6) is 0. The Labute approximate surface area is 81.2 Å². The molecule has 14 heavy (non-hydrogen) atoms. The number of hydrogen-bond acceptors (Lipinski definition) is 2. The summed E-state index contributed by atoms with van der Waals surface area (Å²) in [4.78, 5) is 4.27. The van der Waals surface area contributed by atoms with Gasteiger partial charge in [-0.25, -0.2) is 0 Å². The topological polar surface area (TPSA) is 26.0 Å². The van der Waals surface area contributed by atoms with Crippen molar-refractivity contribution in [1.82, 2.24) is 4.98 Å². The number of pyridine rings is 1. The number of aryl methyl sites for hydroxylation is 1. The van der Waals surface area contributed by atoms with Gasteiger partial charge in [-0.05, 0) is 19.1 Å². The van der Waals surface area contributed by atoms with E-state index in [1.165, 1.54) is 0 Å². The highest BCUT2D eigenvalue weighted by Crippen LogP contribution is 2.29. The molecule has 0 spiro atoms. The van der Waals surface area contributed by atoms with Gasteiger partial charge in [0.1, 0.15) is 11.2 Å². The summed E-state index contributed by atoms with van der Waals surface area (Å²) in [6.45, 7) is 2.00. The average Bonchev–Trinajstić information content (AvgIpc) is 2.57. The molecule has 68 valence electrons. The third-order valence-corrected chi connectivity index (χ3v) is 2.48. The molecule has 0 bridgehead atoms. The number of fused-ring (bicyclic) bond motifs is 3. The first-order chi connectivity index (χ1) is 6.86. The van der Waals surface area contributed by atoms with Gasteiger partial charge in [-0.1, -0.05) is 18.2 Å². The van der Waals surface area contributed by atoms with Gasteiger partial charge < -0.3 is 4.42 Å². The molecule has 0 aliphatic heterocycles. The molecule has 0 amide bonds. The number of para-hydroxylation sites is 1. The van der Waals surface area contributed by atoms with Crippen LogP contribution in [0.2, 0.25) is 0 Å². The fraction of sp³-hybridized carbons (Fsp3) is 0.0833. The van der Waals surface area contributed by atoms with Crippen LogP contribution in [0.5, 0.6) is 0 Å². The van der Waals surface area contributed by atoms with Crippen molar-refractivity contribution < 1.29 is 4.42 Å². The minimum absolute atomic E-state index is 0.915. The van der Waals surface area contributed by atoms with Crippen molar-refractivity contribution in [2.45, 2.75) is 6.92 Å². The van der Waals surface area contributed by atoms with E-state index in [9.17, 15) is 0 Å². The number of aromatic nitrogens is 1. The second kappa shape index (κ2) is 2.58. The molecule has 0 unspecified atom stereocenters. The second-order valence-electron chi connectivity index (χ2n) is 3.37. The highest BCUT2D eigenvalue weighted by atomic mass is 16.3. The van der Waals surface area contributed by atoms with E-state index in [2.05, 4.69) is 11.1 Å². The molecule has 0 aliphatic rings. The molecule has 0 aliphatic carbocycles. The van der Waals surface area contributed by atoms with Crippen molar-refractivity contribution in [3.8, 4) is 0 Å². The summed E-state index contributed by atoms with van der Waals surface area (Å²) in [6.07, 6.45) is 1.78. The van der Waals surface area contributed by atoms with Crippen LogP contribution < -0.4 is 0 Å². The van der Waals surface area contributed by atoms with Gasteiger partial charge in [-0.3, -0.25) is 4.98 Å². The van der Waals surface area contributed by atoms with Crippen LogP contribution in [0.25, 0.3) is 21.9 Å². The van der Waals surface area contributed by atoms with E-state index in [-0.39, 0.29) is 0 Å². The molecular weight excluding hydrogens is 174 g/mol. The van der Waals surface area contributed by atoms with Crippen molar-refractivity contribution in [2.75, 3.05) is 0 Å². The predicted molar refractivity (Wildman–Crippen MR) is 56.3 cm³/mol. The Bertz CT molecular complexity index is 610. The molecule has 3 aromatic rings. The lowest BCUT2D eigenvalue weighted by Gasteiger charge is -1.92. The Kier molecular flexibility index (Phi) is 1.39. The Morgan fingerprint density at radius 1 is 1.07 bits per heavy atom. The van der Waals surface area contributed by atoms with E-state index < -0.39 is 0 Å². The van der Waals surface area contributed by atoms with Crippen LogP contribution in [0.1, 0.15) is 5.69 Å². The van der Waals surface area contributed by atoms with Gasteiger partial charge in [0.15, 0.2) is 0 Å². The zero-order valence-electron chi connectivity index (χ0n) is 7.82. The summed E-state index contributed by atoms with van der Waals surface area (Å²) in [7, 11) is 0. The fourth-order valence-corrected chi connectivity index (χ4v) is 1.84. The molecule has 2 aromatic heterocycles. The molecule has 2 heteroatoms. The zero-order valence-corrected chi connectivity index (χ0v) is 7.82. The maximum Gasteiger partial charge on any atom is 0.138 e. The van der Waals surface area contributed by atoms with Crippen LogP contribution in [0.15, 0.2) is 40.9 Å². The summed E-state index contributed by atoms with van der Waals surface area (Å²) < 4.78 is 5.69. The van der Waals surface area contributed by atoms with Crippen molar-refractivity contribution in [1.29, 1.82) is 0 Å². The minimum atomic E-state index is 0.915. The Morgan fingerprint density at radius 3 is 2.86 bits per heavy atom. The number of benzene rings is 1. The number of hydrogen-bond donors (Lipinski definition) is 0. The van der Waals surface area contributed by atoms with Crippen molar-refractivity contribution >= 4 is 21.9 Å². The standard InChI is InChI=1S/C12H9NO/c1-8-12-9-4-2-3-5-10(9)14-11(12)6-7-13-8/h2-7H,1H3. The van der Waals surface area contributed by atoms with Crippen LogP contribution in [-0.4, -0.2) is 4.98 Å². The van der Waals surface area contributed by atoms with Crippen molar-refractivity contribution in [3.63, 3.8) is 0 Å². The van der Waals surface area contributed by atoms with E-state index in [0.717, 1.165) is 27.6 Å². The second-order valence-corrected chi connectivity index (χ2v) is 3.37. The highest BCUT2D eigenvalue weighted by molar-refractivity contribution is 6.05. The first-order valence-electron chi connectivity index (χ1n) is 4.59. The molecule has 0 atom stereocenters. The molecule has 0 radical (unpaired) electrons. The number of furan rings is 1. The molecule has 1 aromatic carbocycles. The Balaban J connectivity index is 2.65. The van der Waals surface area contributed by atoms with Crippen molar-refractivity contribution in [2.24, 2.45) is 0 Å². The van der Waals surface area contributed by atoms with Crippen LogP contribution in [0.3, 0.4) is 0 Å².